The molecular formula is C9H11FN2. The summed E-state index contributed by atoms with van der Waals surface area (Å²) in [4.78, 5) is 0. The van der Waals surface area contributed by atoms with Crippen LogP contribution >= 0.6 is 0 Å². The van der Waals surface area contributed by atoms with Gasteiger partial charge in [0.25, 0.3) is 0 Å². The van der Waals surface area contributed by atoms with Crippen molar-refractivity contribution < 1.29 is 4.39 Å². The van der Waals surface area contributed by atoms with Gasteiger partial charge in [-0.15, -0.1) is 0 Å². The van der Waals surface area contributed by atoms with E-state index < -0.39 is 0 Å². The molecule has 0 fully saturated rings. The maximum atomic E-state index is 13.2. The normalized spacial score (nSPS) is 15.8. The summed E-state index contributed by atoms with van der Waals surface area (Å²) < 4.78 is 13.2. The van der Waals surface area contributed by atoms with Gasteiger partial charge in [0.1, 0.15) is 5.82 Å². The predicted molar refractivity (Wildman–Crippen MR) is 46.2 cm³/mol. The smallest absolute Gasteiger partial charge is 0.128 e. The lowest BCUT2D eigenvalue weighted by atomic mass is 9.99. The van der Waals surface area contributed by atoms with Gasteiger partial charge < -0.3 is 11.1 Å². The molecule has 12 heavy (non-hydrogen) atoms. The zero-order chi connectivity index (χ0) is 8.55. The largest absolute Gasteiger partial charge is 0.398 e. The molecule has 0 aliphatic carbocycles. The number of hydrogen-bond acceptors (Lipinski definition) is 2. The second-order valence-electron chi connectivity index (χ2n) is 3.02. The van der Waals surface area contributed by atoms with Crippen molar-refractivity contribution in [3.8, 4) is 0 Å². The molecule has 0 amide bonds. The molecule has 2 nitrogen and oxygen atoms in total. The third-order valence-electron chi connectivity index (χ3n) is 2.26. The summed E-state index contributed by atoms with van der Waals surface area (Å²) in [5.74, 6) is -0.147. The van der Waals surface area contributed by atoms with Crippen molar-refractivity contribution in [3.05, 3.63) is 29.1 Å². The van der Waals surface area contributed by atoms with Crippen LogP contribution in [0, 0.1) is 5.82 Å². The van der Waals surface area contributed by atoms with Gasteiger partial charge in [-0.25, -0.2) is 4.39 Å². The number of fused-ring (bicyclic) bond motifs is 1. The van der Waals surface area contributed by atoms with Crippen LogP contribution in [0.3, 0.4) is 0 Å². The van der Waals surface area contributed by atoms with Crippen molar-refractivity contribution in [1.29, 1.82) is 0 Å². The molecule has 0 aromatic heterocycles. The molecule has 1 aromatic rings. The summed E-state index contributed by atoms with van der Waals surface area (Å²) in [6.45, 7) is 1.49. The van der Waals surface area contributed by atoms with Gasteiger partial charge in [-0.1, -0.05) is 0 Å². The Balaban J connectivity index is 2.57. The van der Waals surface area contributed by atoms with Crippen LogP contribution in [0.4, 0.5) is 10.1 Å². The summed E-state index contributed by atoms with van der Waals surface area (Å²) in [7, 11) is 0. The Morgan fingerprint density at radius 1 is 1.33 bits per heavy atom. The van der Waals surface area contributed by atoms with Crippen LogP contribution in [-0.4, -0.2) is 6.54 Å². The molecule has 64 valence electrons. The fourth-order valence-corrected chi connectivity index (χ4v) is 1.60. The van der Waals surface area contributed by atoms with E-state index in [4.69, 9.17) is 5.73 Å². The molecule has 1 aliphatic heterocycles. The minimum atomic E-state index is -0.147. The predicted octanol–water partition coefficient (Wildman–Crippen LogP) is 1.05. The van der Waals surface area contributed by atoms with Crippen molar-refractivity contribution in [1.82, 2.24) is 5.32 Å². The van der Waals surface area contributed by atoms with E-state index in [2.05, 4.69) is 5.32 Å². The van der Waals surface area contributed by atoms with Gasteiger partial charge in [0.2, 0.25) is 0 Å². The van der Waals surface area contributed by atoms with E-state index in [9.17, 15) is 4.39 Å². The van der Waals surface area contributed by atoms with Gasteiger partial charge in [0.05, 0.1) is 0 Å². The van der Waals surface area contributed by atoms with Crippen molar-refractivity contribution in [2.24, 2.45) is 0 Å². The fraction of sp³-hybridized carbons (Fsp3) is 0.333. The zero-order valence-corrected chi connectivity index (χ0v) is 6.73. The number of halogens is 1. The molecule has 1 aromatic carbocycles. The summed E-state index contributed by atoms with van der Waals surface area (Å²) >= 11 is 0. The molecule has 1 aliphatic rings. The highest BCUT2D eigenvalue weighted by atomic mass is 19.1. The summed E-state index contributed by atoms with van der Waals surface area (Å²) in [6.07, 6.45) is 0.832. The van der Waals surface area contributed by atoms with Gasteiger partial charge in [0, 0.05) is 17.8 Å². The van der Waals surface area contributed by atoms with Crippen LogP contribution in [0.1, 0.15) is 11.1 Å². The highest BCUT2D eigenvalue weighted by Gasteiger charge is 2.14. The Labute approximate surface area is 70.6 Å². The van der Waals surface area contributed by atoms with Crippen molar-refractivity contribution in [3.63, 3.8) is 0 Å². The first-order valence-corrected chi connectivity index (χ1v) is 4.05. The van der Waals surface area contributed by atoms with Crippen molar-refractivity contribution >= 4 is 5.69 Å². The molecule has 0 atom stereocenters. The second-order valence-corrected chi connectivity index (χ2v) is 3.02. The Morgan fingerprint density at radius 2 is 2.17 bits per heavy atom. The first-order chi connectivity index (χ1) is 5.79. The van der Waals surface area contributed by atoms with Crippen LogP contribution in [0.5, 0.6) is 0 Å². The lowest BCUT2D eigenvalue weighted by Crippen LogP contribution is -2.25. The standard InChI is InChI=1S/C9H11FN2/c10-8-1-2-9(11)6-3-4-12-5-7(6)8/h1-2,12H,3-5,11H2. The van der Waals surface area contributed by atoms with E-state index in [1.54, 1.807) is 6.07 Å². The average molecular weight is 166 g/mol. The molecule has 1 heterocycles. The number of nitrogens with two attached hydrogens (primary N) is 1. The topological polar surface area (TPSA) is 38.0 Å². The van der Waals surface area contributed by atoms with Crippen LogP contribution < -0.4 is 11.1 Å². The van der Waals surface area contributed by atoms with E-state index in [1.807, 2.05) is 0 Å². The number of nitrogen functional groups attached to an aromatic ring is 1. The van der Waals surface area contributed by atoms with E-state index in [0.717, 1.165) is 24.1 Å². The quantitative estimate of drug-likeness (QED) is 0.565. The number of hydrogen-bond donors (Lipinski definition) is 2. The summed E-state index contributed by atoms with van der Waals surface area (Å²) in [5, 5.41) is 3.11. The molecular weight excluding hydrogens is 155 g/mol. The molecule has 0 unspecified atom stereocenters. The van der Waals surface area contributed by atoms with Gasteiger partial charge in [-0.2, -0.15) is 0 Å². The molecule has 0 saturated heterocycles. The molecule has 0 radical (unpaired) electrons. The zero-order valence-electron chi connectivity index (χ0n) is 6.73. The Bertz CT molecular complexity index is 279. The lowest BCUT2D eigenvalue weighted by molar-refractivity contribution is 0.564. The van der Waals surface area contributed by atoms with Crippen molar-refractivity contribution in [2.75, 3.05) is 12.3 Å². The molecule has 0 saturated carbocycles. The highest BCUT2D eigenvalue weighted by molar-refractivity contribution is 5.52. The Hall–Kier alpha value is -1.09. The van der Waals surface area contributed by atoms with Crippen LogP contribution in [-0.2, 0) is 13.0 Å². The Morgan fingerprint density at radius 3 is 2.92 bits per heavy atom. The molecule has 0 spiro atoms. The molecule has 3 heteroatoms. The molecule has 2 rings (SSSR count). The summed E-state index contributed by atoms with van der Waals surface area (Å²) in [6, 6.07) is 3.07. The third kappa shape index (κ3) is 1.06. The minimum Gasteiger partial charge on any atom is -0.398 e. The van der Waals surface area contributed by atoms with Gasteiger partial charge in [0.15, 0.2) is 0 Å². The maximum absolute atomic E-state index is 13.2. The molecule has 0 bridgehead atoms. The number of rotatable bonds is 0. The molecule has 3 N–H and O–H groups in total. The number of benzene rings is 1. The third-order valence-corrected chi connectivity index (χ3v) is 2.26. The second kappa shape index (κ2) is 2.75. The average Bonchev–Trinajstić information content (AvgIpc) is 2.12. The monoisotopic (exact) mass is 166 g/mol. The van der Waals surface area contributed by atoms with E-state index in [-0.39, 0.29) is 5.82 Å². The van der Waals surface area contributed by atoms with Gasteiger partial charge in [-0.3, -0.25) is 0 Å². The minimum absolute atomic E-state index is 0.147. The number of nitrogens with one attached hydrogen (secondary N) is 1. The van der Waals surface area contributed by atoms with Gasteiger partial charge in [-0.05, 0) is 30.7 Å². The van der Waals surface area contributed by atoms with Crippen LogP contribution in [0.2, 0.25) is 0 Å². The van der Waals surface area contributed by atoms with Crippen LogP contribution in [0.15, 0.2) is 12.1 Å². The lowest BCUT2D eigenvalue weighted by Gasteiger charge is -2.18. The first kappa shape index (κ1) is 7.55. The highest BCUT2D eigenvalue weighted by Crippen LogP contribution is 2.22. The van der Waals surface area contributed by atoms with E-state index >= 15 is 0 Å². The van der Waals surface area contributed by atoms with Gasteiger partial charge >= 0.3 is 0 Å². The fourth-order valence-electron chi connectivity index (χ4n) is 1.60. The first-order valence-electron chi connectivity index (χ1n) is 4.05. The number of anilines is 1. The Kier molecular flexibility index (Phi) is 1.73. The SMILES string of the molecule is Nc1ccc(F)c2c1CCNC2. The van der Waals surface area contributed by atoms with E-state index in [1.165, 1.54) is 6.07 Å². The maximum Gasteiger partial charge on any atom is 0.128 e. The van der Waals surface area contributed by atoms with Crippen molar-refractivity contribution in [2.45, 2.75) is 13.0 Å². The summed E-state index contributed by atoms with van der Waals surface area (Å²) in [5.41, 5.74) is 8.15. The van der Waals surface area contributed by atoms with Crippen LogP contribution in [0.25, 0.3) is 0 Å². The van der Waals surface area contributed by atoms with E-state index in [0.29, 0.717) is 12.2 Å².